The number of aliphatic hydroxyl groups excluding tert-OH is 1. The molecule has 58 valence electrons. The van der Waals surface area contributed by atoms with Crippen molar-refractivity contribution in [3.8, 4) is 0 Å². The number of carbonyl (C=O) groups excluding carboxylic acids is 1. The van der Waals surface area contributed by atoms with Gasteiger partial charge in [0.05, 0.1) is 6.61 Å². The molecule has 3 heteroatoms. The van der Waals surface area contributed by atoms with Crippen LogP contribution in [0.5, 0.6) is 0 Å². The van der Waals surface area contributed by atoms with Gasteiger partial charge >= 0.3 is 0 Å². The summed E-state index contributed by atoms with van der Waals surface area (Å²) in [5.41, 5.74) is 0. The molecule has 0 aromatic rings. The zero-order valence-electron chi connectivity index (χ0n) is 6.29. The monoisotopic (exact) mass is 143 g/mol. The molecule has 10 heavy (non-hydrogen) atoms. The lowest BCUT2D eigenvalue weighted by Gasteiger charge is -2.07. The Kier molecular flexibility index (Phi) is 4.58. The molecule has 1 atom stereocenters. The van der Waals surface area contributed by atoms with Gasteiger partial charge in [0, 0.05) is 6.04 Å². The number of allylic oxidation sites excluding steroid dienone is 1. The van der Waals surface area contributed by atoms with E-state index in [1.807, 2.05) is 0 Å². The van der Waals surface area contributed by atoms with Crippen LogP contribution in [-0.2, 0) is 4.79 Å². The Bertz CT molecular complexity index is 132. The largest absolute Gasteiger partial charge is 0.394 e. The first-order valence-electron chi connectivity index (χ1n) is 3.24. The summed E-state index contributed by atoms with van der Waals surface area (Å²) < 4.78 is 0. The minimum absolute atomic E-state index is 0.0245. The van der Waals surface area contributed by atoms with Crippen molar-refractivity contribution in [2.24, 2.45) is 0 Å². The molecule has 0 rings (SSSR count). The Morgan fingerprint density at radius 2 is 2.40 bits per heavy atom. The van der Waals surface area contributed by atoms with E-state index in [-0.39, 0.29) is 18.6 Å². The van der Waals surface area contributed by atoms with E-state index in [4.69, 9.17) is 5.11 Å². The molecule has 0 saturated heterocycles. The summed E-state index contributed by atoms with van der Waals surface area (Å²) in [6.07, 6.45) is 3.07. The molecule has 0 bridgehead atoms. The molecule has 0 radical (unpaired) electrons. The number of nitrogens with one attached hydrogen (secondary N) is 1. The molecule has 0 spiro atoms. The Balaban J connectivity index is 3.57. The van der Waals surface area contributed by atoms with Crippen molar-refractivity contribution < 1.29 is 9.90 Å². The topological polar surface area (TPSA) is 49.3 Å². The smallest absolute Gasteiger partial charge is 0.243 e. The second-order valence-corrected chi connectivity index (χ2v) is 2.09. The summed E-state index contributed by atoms with van der Waals surface area (Å²) in [6, 6.07) is -0.163. The summed E-state index contributed by atoms with van der Waals surface area (Å²) >= 11 is 0. The molecule has 0 saturated carbocycles. The van der Waals surface area contributed by atoms with Crippen LogP contribution in [0.4, 0.5) is 0 Å². The highest BCUT2D eigenvalue weighted by Gasteiger charge is 2.00. The van der Waals surface area contributed by atoms with Gasteiger partial charge in [-0.15, -0.1) is 0 Å². The highest BCUT2D eigenvalue weighted by Crippen LogP contribution is 1.79. The summed E-state index contributed by atoms with van der Waals surface area (Å²) in [5.74, 6) is -0.163. The first kappa shape index (κ1) is 9.17. The van der Waals surface area contributed by atoms with Gasteiger partial charge in [0.2, 0.25) is 5.91 Å². The van der Waals surface area contributed by atoms with E-state index in [2.05, 4.69) is 5.32 Å². The zero-order chi connectivity index (χ0) is 7.98. The van der Waals surface area contributed by atoms with Gasteiger partial charge in [-0.3, -0.25) is 4.79 Å². The third-order valence-electron chi connectivity index (χ3n) is 0.981. The van der Waals surface area contributed by atoms with E-state index >= 15 is 0 Å². The van der Waals surface area contributed by atoms with E-state index < -0.39 is 0 Å². The fourth-order valence-corrected chi connectivity index (χ4v) is 0.488. The highest BCUT2D eigenvalue weighted by molar-refractivity contribution is 5.87. The molecule has 2 N–H and O–H groups in total. The number of carbonyl (C=O) groups is 1. The first-order chi connectivity index (χ1) is 4.70. The van der Waals surface area contributed by atoms with Crippen molar-refractivity contribution in [2.75, 3.05) is 6.61 Å². The lowest BCUT2D eigenvalue weighted by molar-refractivity contribution is -0.117. The molecule has 0 aromatic carbocycles. The lowest BCUT2D eigenvalue weighted by atomic mass is 10.3. The number of amides is 1. The van der Waals surface area contributed by atoms with Crippen LogP contribution in [-0.4, -0.2) is 23.7 Å². The molecule has 0 heterocycles. The van der Waals surface area contributed by atoms with Gasteiger partial charge in [0.15, 0.2) is 0 Å². The van der Waals surface area contributed by atoms with Crippen molar-refractivity contribution >= 4 is 5.91 Å². The second-order valence-electron chi connectivity index (χ2n) is 2.09. The molecule has 3 nitrogen and oxygen atoms in total. The number of aliphatic hydroxyl groups is 1. The maximum atomic E-state index is 10.7. The minimum atomic E-state index is -0.163. The Labute approximate surface area is 60.7 Å². The Morgan fingerprint density at radius 1 is 1.80 bits per heavy atom. The molecule has 1 amide bonds. The number of rotatable bonds is 3. The van der Waals surface area contributed by atoms with Gasteiger partial charge in [-0.2, -0.15) is 0 Å². The average molecular weight is 143 g/mol. The SMILES string of the molecule is C/C=C/C(=O)NC(C)CO. The lowest BCUT2D eigenvalue weighted by Crippen LogP contribution is -2.33. The van der Waals surface area contributed by atoms with Crippen molar-refractivity contribution in [1.29, 1.82) is 0 Å². The van der Waals surface area contributed by atoms with Crippen LogP contribution in [0.1, 0.15) is 13.8 Å². The highest BCUT2D eigenvalue weighted by atomic mass is 16.3. The van der Waals surface area contributed by atoms with Crippen LogP contribution in [0.2, 0.25) is 0 Å². The second kappa shape index (κ2) is 4.99. The van der Waals surface area contributed by atoms with Crippen molar-refractivity contribution in [2.45, 2.75) is 19.9 Å². The molecule has 0 aliphatic rings. The summed E-state index contributed by atoms with van der Waals surface area (Å²) in [4.78, 5) is 10.7. The van der Waals surface area contributed by atoms with Crippen LogP contribution in [0.15, 0.2) is 12.2 Å². The Morgan fingerprint density at radius 3 is 2.80 bits per heavy atom. The van der Waals surface area contributed by atoms with Gasteiger partial charge in [-0.25, -0.2) is 0 Å². The minimum Gasteiger partial charge on any atom is -0.394 e. The maximum absolute atomic E-state index is 10.7. The van der Waals surface area contributed by atoms with Crippen LogP contribution in [0, 0.1) is 0 Å². The molecule has 0 aliphatic carbocycles. The third kappa shape index (κ3) is 4.09. The predicted molar refractivity (Wildman–Crippen MR) is 39.5 cm³/mol. The van der Waals surface area contributed by atoms with E-state index in [9.17, 15) is 4.79 Å². The normalized spacial score (nSPS) is 13.5. The maximum Gasteiger partial charge on any atom is 0.243 e. The van der Waals surface area contributed by atoms with Gasteiger partial charge in [-0.05, 0) is 19.9 Å². The van der Waals surface area contributed by atoms with Crippen LogP contribution in [0.3, 0.4) is 0 Å². The fraction of sp³-hybridized carbons (Fsp3) is 0.571. The van der Waals surface area contributed by atoms with E-state index in [1.54, 1.807) is 19.9 Å². The fourth-order valence-electron chi connectivity index (χ4n) is 0.488. The van der Waals surface area contributed by atoms with Gasteiger partial charge in [0.1, 0.15) is 0 Å². The summed E-state index contributed by atoms with van der Waals surface area (Å²) in [6.45, 7) is 3.48. The van der Waals surface area contributed by atoms with E-state index in [1.165, 1.54) is 6.08 Å². The van der Waals surface area contributed by atoms with Crippen LogP contribution in [0.25, 0.3) is 0 Å². The molecular weight excluding hydrogens is 130 g/mol. The van der Waals surface area contributed by atoms with Crippen molar-refractivity contribution in [3.05, 3.63) is 12.2 Å². The molecule has 1 unspecified atom stereocenters. The van der Waals surface area contributed by atoms with Gasteiger partial charge in [-0.1, -0.05) is 6.08 Å². The molecule has 0 aliphatic heterocycles. The van der Waals surface area contributed by atoms with Crippen molar-refractivity contribution in [1.82, 2.24) is 5.32 Å². The third-order valence-corrected chi connectivity index (χ3v) is 0.981. The number of hydrogen-bond donors (Lipinski definition) is 2. The molecular formula is C7H13NO2. The number of hydrogen-bond acceptors (Lipinski definition) is 2. The molecule has 0 aromatic heterocycles. The predicted octanol–water partition coefficient (Wildman–Crippen LogP) is 0.0595. The van der Waals surface area contributed by atoms with E-state index in [0.29, 0.717) is 0 Å². The molecule has 0 fully saturated rings. The van der Waals surface area contributed by atoms with E-state index in [0.717, 1.165) is 0 Å². The zero-order valence-corrected chi connectivity index (χ0v) is 6.29. The van der Waals surface area contributed by atoms with Gasteiger partial charge in [0.25, 0.3) is 0 Å². The Hall–Kier alpha value is -0.830. The van der Waals surface area contributed by atoms with Gasteiger partial charge < -0.3 is 10.4 Å². The average Bonchev–Trinajstić information content (AvgIpc) is 1.88. The van der Waals surface area contributed by atoms with Crippen LogP contribution >= 0.6 is 0 Å². The van der Waals surface area contributed by atoms with Crippen LogP contribution < -0.4 is 5.32 Å². The standard InChI is InChI=1S/C7H13NO2/c1-3-4-7(10)8-6(2)5-9/h3-4,6,9H,5H2,1-2H3,(H,8,10)/b4-3+. The first-order valence-corrected chi connectivity index (χ1v) is 3.24. The summed E-state index contributed by atoms with van der Waals surface area (Å²) in [7, 11) is 0. The van der Waals surface area contributed by atoms with Crippen molar-refractivity contribution in [3.63, 3.8) is 0 Å². The summed E-state index contributed by atoms with van der Waals surface area (Å²) in [5, 5.41) is 11.1. The quantitative estimate of drug-likeness (QED) is 0.549.